The van der Waals surface area contributed by atoms with Crippen LogP contribution in [0.4, 0.5) is 0 Å². The Hall–Kier alpha value is -3.05. The molecule has 1 atom stereocenters. The zero-order chi connectivity index (χ0) is 22.3. The first-order valence-corrected chi connectivity index (χ1v) is 12.2. The average Bonchev–Trinajstić information content (AvgIpc) is 2.79. The van der Waals surface area contributed by atoms with Gasteiger partial charge in [-0.15, -0.1) is 4.83 Å². The third-order valence-corrected chi connectivity index (χ3v) is 7.06. The van der Waals surface area contributed by atoms with E-state index in [-0.39, 0.29) is 16.2 Å². The molecule has 31 heavy (non-hydrogen) atoms. The highest BCUT2D eigenvalue weighted by molar-refractivity contribution is 7.89. The van der Waals surface area contributed by atoms with E-state index >= 15 is 0 Å². The molecular weight excluding hydrogens is 438 g/mol. The topological polar surface area (TPSA) is 121 Å². The maximum Gasteiger partial charge on any atom is 0.257 e. The average molecular weight is 460 g/mol. The van der Waals surface area contributed by atoms with E-state index in [0.29, 0.717) is 5.56 Å². The number of nitrogens with one attached hydrogen (secondary N) is 3. The van der Waals surface area contributed by atoms with Gasteiger partial charge < -0.3 is 0 Å². The minimum atomic E-state index is -4.02. The van der Waals surface area contributed by atoms with Crippen molar-refractivity contribution in [2.75, 3.05) is 0 Å². The normalized spacial score (nSPS) is 12.8. The standard InChI is InChI=1S/C21H21N3O5S2/c25-21(22-24-31(28,29)19-14-8-3-9-15-19)20(16-17-10-4-1-5-11-17)23-30(26,27)18-12-6-2-7-13-18/h1-15,20,23-24H,16H2,(H,22,25). The van der Waals surface area contributed by atoms with Crippen LogP contribution < -0.4 is 15.0 Å². The van der Waals surface area contributed by atoms with Gasteiger partial charge in [-0.05, 0) is 36.2 Å². The molecule has 0 aliphatic heterocycles. The van der Waals surface area contributed by atoms with Gasteiger partial charge in [-0.1, -0.05) is 66.7 Å². The lowest BCUT2D eigenvalue weighted by atomic mass is 10.1. The van der Waals surface area contributed by atoms with Gasteiger partial charge in [0, 0.05) is 0 Å². The monoisotopic (exact) mass is 459 g/mol. The summed E-state index contributed by atoms with van der Waals surface area (Å²) < 4.78 is 52.5. The molecule has 3 aromatic carbocycles. The van der Waals surface area contributed by atoms with E-state index in [1.165, 1.54) is 24.3 Å². The first-order valence-electron chi connectivity index (χ1n) is 9.26. The van der Waals surface area contributed by atoms with Crippen LogP contribution in [0.25, 0.3) is 0 Å². The molecular formula is C21H21N3O5S2. The lowest BCUT2D eigenvalue weighted by molar-refractivity contribution is -0.123. The molecule has 0 saturated heterocycles. The summed E-state index contributed by atoms with van der Waals surface area (Å²) in [5, 5.41) is 0. The van der Waals surface area contributed by atoms with Crippen LogP contribution in [-0.4, -0.2) is 28.8 Å². The van der Waals surface area contributed by atoms with Crippen molar-refractivity contribution < 1.29 is 21.6 Å². The van der Waals surface area contributed by atoms with Gasteiger partial charge in [0.1, 0.15) is 6.04 Å². The van der Waals surface area contributed by atoms with Gasteiger partial charge in [-0.2, -0.15) is 4.72 Å². The maximum atomic E-state index is 12.8. The summed E-state index contributed by atoms with van der Waals surface area (Å²) in [6.07, 6.45) is 0.0196. The van der Waals surface area contributed by atoms with E-state index in [9.17, 15) is 21.6 Å². The van der Waals surface area contributed by atoms with Crippen LogP contribution in [0.15, 0.2) is 101 Å². The molecule has 10 heteroatoms. The quantitative estimate of drug-likeness (QED) is 0.420. The highest BCUT2D eigenvalue weighted by atomic mass is 32.2. The second-order valence-electron chi connectivity index (χ2n) is 6.58. The van der Waals surface area contributed by atoms with Crippen LogP contribution in [0, 0.1) is 0 Å². The summed E-state index contributed by atoms with van der Waals surface area (Å²) in [5.74, 6) is -0.845. The molecule has 0 fully saturated rings. The molecule has 3 N–H and O–H groups in total. The smallest absolute Gasteiger partial charge is 0.257 e. The van der Waals surface area contributed by atoms with Crippen LogP contribution >= 0.6 is 0 Å². The van der Waals surface area contributed by atoms with Crippen molar-refractivity contribution >= 4 is 26.0 Å². The Bertz CT molecular complexity index is 1220. The summed E-state index contributed by atoms with van der Waals surface area (Å²) >= 11 is 0. The molecule has 8 nitrogen and oxygen atoms in total. The SMILES string of the molecule is O=C(NNS(=O)(=O)c1ccccc1)C(Cc1ccccc1)NS(=O)(=O)c1ccccc1. The summed E-state index contributed by atoms with van der Waals surface area (Å²) in [7, 11) is -8.04. The van der Waals surface area contributed by atoms with Crippen LogP contribution in [0.3, 0.4) is 0 Å². The summed E-state index contributed by atoms with van der Waals surface area (Å²) in [4.78, 5) is 14.7. The molecule has 1 unspecified atom stereocenters. The summed E-state index contributed by atoms with van der Waals surface area (Å²) in [5.41, 5.74) is 2.81. The summed E-state index contributed by atoms with van der Waals surface area (Å²) in [6, 6.07) is 22.6. The Morgan fingerprint density at radius 2 is 1.13 bits per heavy atom. The van der Waals surface area contributed by atoms with Crippen molar-refractivity contribution in [2.24, 2.45) is 0 Å². The van der Waals surface area contributed by atoms with E-state index in [4.69, 9.17) is 0 Å². The van der Waals surface area contributed by atoms with Gasteiger partial charge >= 0.3 is 0 Å². The minimum Gasteiger partial charge on any atom is -0.276 e. The maximum absolute atomic E-state index is 12.8. The molecule has 0 radical (unpaired) electrons. The van der Waals surface area contributed by atoms with Crippen molar-refractivity contribution in [1.29, 1.82) is 0 Å². The van der Waals surface area contributed by atoms with E-state index in [0.717, 1.165) is 0 Å². The number of sulfonamides is 2. The molecule has 3 rings (SSSR count). The molecule has 0 heterocycles. The fourth-order valence-electron chi connectivity index (χ4n) is 2.76. The molecule has 1 amide bonds. The van der Waals surface area contributed by atoms with Gasteiger partial charge in [0.25, 0.3) is 15.9 Å². The fraction of sp³-hybridized carbons (Fsp3) is 0.0952. The second-order valence-corrected chi connectivity index (χ2v) is 9.98. The molecule has 3 aromatic rings. The number of carbonyl (C=O) groups excluding carboxylic acids is 1. The number of rotatable bonds is 9. The van der Waals surface area contributed by atoms with Gasteiger partial charge in [-0.25, -0.2) is 16.8 Å². The van der Waals surface area contributed by atoms with Crippen molar-refractivity contribution in [3.63, 3.8) is 0 Å². The van der Waals surface area contributed by atoms with Gasteiger partial charge in [0.05, 0.1) is 9.79 Å². The van der Waals surface area contributed by atoms with Crippen molar-refractivity contribution in [1.82, 2.24) is 15.0 Å². The van der Waals surface area contributed by atoms with E-state index in [1.807, 2.05) is 4.83 Å². The zero-order valence-corrected chi connectivity index (χ0v) is 17.9. The lowest BCUT2D eigenvalue weighted by Gasteiger charge is -2.19. The third-order valence-electron chi connectivity index (χ3n) is 4.31. The van der Waals surface area contributed by atoms with Crippen molar-refractivity contribution in [3.05, 3.63) is 96.6 Å². The zero-order valence-electron chi connectivity index (χ0n) is 16.3. The minimum absolute atomic E-state index is 0.00859. The molecule has 0 bridgehead atoms. The predicted molar refractivity (Wildman–Crippen MR) is 116 cm³/mol. The molecule has 0 spiro atoms. The number of benzene rings is 3. The Morgan fingerprint density at radius 1 is 0.677 bits per heavy atom. The van der Waals surface area contributed by atoms with E-state index < -0.39 is 32.0 Å². The van der Waals surface area contributed by atoms with Gasteiger partial charge in [0.2, 0.25) is 10.0 Å². The van der Waals surface area contributed by atoms with Crippen molar-refractivity contribution in [2.45, 2.75) is 22.3 Å². The van der Waals surface area contributed by atoms with Crippen LogP contribution in [-0.2, 0) is 31.3 Å². The molecule has 0 saturated carbocycles. The highest BCUT2D eigenvalue weighted by Crippen LogP contribution is 2.11. The first-order chi connectivity index (χ1) is 14.8. The van der Waals surface area contributed by atoms with E-state index in [2.05, 4.69) is 10.1 Å². The number of carbonyl (C=O) groups is 1. The van der Waals surface area contributed by atoms with Crippen LogP contribution in [0.5, 0.6) is 0 Å². The fourth-order valence-corrected chi connectivity index (χ4v) is 4.84. The molecule has 0 aliphatic rings. The summed E-state index contributed by atoms with van der Waals surface area (Å²) in [6.45, 7) is 0. The van der Waals surface area contributed by atoms with Crippen LogP contribution in [0.1, 0.15) is 5.56 Å². The number of hydrazine groups is 1. The number of amides is 1. The van der Waals surface area contributed by atoms with Gasteiger partial charge in [0.15, 0.2) is 0 Å². The highest BCUT2D eigenvalue weighted by Gasteiger charge is 2.27. The molecule has 0 aliphatic carbocycles. The second kappa shape index (κ2) is 9.84. The van der Waals surface area contributed by atoms with Gasteiger partial charge in [-0.3, -0.25) is 10.2 Å². The molecule has 162 valence electrons. The predicted octanol–water partition coefficient (Wildman–Crippen LogP) is 1.59. The molecule has 0 aromatic heterocycles. The van der Waals surface area contributed by atoms with Crippen molar-refractivity contribution in [3.8, 4) is 0 Å². The van der Waals surface area contributed by atoms with Crippen LogP contribution in [0.2, 0.25) is 0 Å². The Balaban J connectivity index is 1.79. The largest absolute Gasteiger partial charge is 0.276 e. The number of hydrogen-bond donors (Lipinski definition) is 3. The number of hydrogen-bond acceptors (Lipinski definition) is 5. The van der Waals surface area contributed by atoms with E-state index in [1.54, 1.807) is 66.7 Å². The Morgan fingerprint density at radius 3 is 1.65 bits per heavy atom. The Labute approximate surface area is 181 Å². The first kappa shape index (κ1) is 22.6. The third kappa shape index (κ3) is 6.22. The Kier molecular flexibility index (Phi) is 7.18. The lowest BCUT2D eigenvalue weighted by Crippen LogP contribution is -2.53.